The monoisotopic (exact) mass is 274 g/mol. The van der Waals surface area contributed by atoms with E-state index in [9.17, 15) is 14.3 Å². The zero-order valence-corrected chi connectivity index (χ0v) is 11.1. The lowest BCUT2D eigenvalue weighted by Gasteiger charge is -2.29. The molecule has 0 aromatic heterocycles. The molecule has 1 aromatic carbocycles. The Labute approximate surface area is 111 Å². The van der Waals surface area contributed by atoms with E-state index in [2.05, 4.69) is 4.74 Å². The predicted octanol–water partition coefficient (Wildman–Crippen LogP) is 2.84. The van der Waals surface area contributed by atoms with E-state index >= 15 is 0 Å². The summed E-state index contributed by atoms with van der Waals surface area (Å²) in [5.41, 5.74) is -1.59. The molecule has 0 saturated heterocycles. The average Bonchev–Trinajstić information content (AvgIpc) is 2.38. The third-order valence-corrected chi connectivity index (χ3v) is 3.05. The zero-order valence-electron chi connectivity index (χ0n) is 10.3. The van der Waals surface area contributed by atoms with Gasteiger partial charge in [0.2, 0.25) is 6.17 Å². The van der Waals surface area contributed by atoms with Crippen molar-refractivity contribution >= 4 is 17.6 Å². The Morgan fingerprint density at radius 2 is 2.00 bits per heavy atom. The molecule has 1 aromatic rings. The lowest BCUT2D eigenvalue weighted by molar-refractivity contribution is -0.162. The summed E-state index contributed by atoms with van der Waals surface area (Å²) in [6.45, 7) is 3.25. The van der Waals surface area contributed by atoms with Crippen LogP contribution in [0.2, 0.25) is 5.02 Å². The van der Waals surface area contributed by atoms with Crippen LogP contribution in [0.4, 0.5) is 4.39 Å². The predicted molar refractivity (Wildman–Crippen MR) is 67.2 cm³/mol. The van der Waals surface area contributed by atoms with E-state index < -0.39 is 17.7 Å². The van der Waals surface area contributed by atoms with Crippen molar-refractivity contribution < 1.29 is 19.0 Å². The van der Waals surface area contributed by atoms with Gasteiger partial charge in [0.25, 0.3) is 0 Å². The first kappa shape index (κ1) is 14.9. The Morgan fingerprint density at radius 1 is 1.44 bits per heavy atom. The molecule has 100 valence electrons. The molecule has 2 unspecified atom stereocenters. The summed E-state index contributed by atoms with van der Waals surface area (Å²) in [5.74, 6) is -1.06. The number of benzene rings is 1. The Balaban J connectivity index is 3.04. The normalized spacial score (nSPS) is 15.8. The highest BCUT2D eigenvalue weighted by atomic mass is 35.5. The van der Waals surface area contributed by atoms with Crippen molar-refractivity contribution in [2.75, 3.05) is 6.61 Å². The maximum absolute atomic E-state index is 14.1. The van der Waals surface area contributed by atoms with Crippen LogP contribution in [0.1, 0.15) is 25.8 Å². The fraction of sp³-hybridized carbons (Fsp3) is 0.462. The van der Waals surface area contributed by atoms with Crippen LogP contribution in [0.5, 0.6) is 0 Å². The topological polar surface area (TPSA) is 46.5 Å². The van der Waals surface area contributed by atoms with Crippen molar-refractivity contribution in [1.29, 1.82) is 0 Å². The first-order valence-electron chi connectivity index (χ1n) is 5.74. The molecule has 0 radical (unpaired) electrons. The second-order valence-electron chi connectivity index (χ2n) is 3.90. The number of hydrogen-bond acceptors (Lipinski definition) is 3. The third-order valence-electron chi connectivity index (χ3n) is 2.80. The second-order valence-corrected chi connectivity index (χ2v) is 4.34. The number of halogens is 2. The van der Waals surface area contributed by atoms with Gasteiger partial charge in [-0.25, -0.2) is 9.18 Å². The minimum absolute atomic E-state index is 0.0502. The molecule has 0 aliphatic rings. The van der Waals surface area contributed by atoms with Gasteiger partial charge < -0.3 is 9.84 Å². The lowest BCUT2D eigenvalue weighted by atomic mass is 9.86. The molecule has 2 atom stereocenters. The van der Waals surface area contributed by atoms with E-state index in [4.69, 9.17) is 11.6 Å². The van der Waals surface area contributed by atoms with Gasteiger partial charge in [-0.1, -0.05) is 30.7 Å². The lowest BCUT2D eigenvalue weighted by Crippen LogP contribution is -2.42. The summed E-state index contributed by atoms with van der Waals surface area (Å²) in [6, 6.07) is 6.07. The van der Waals surface area contributed by atoms with Gasteiger partial charge >= 0.3 is 5.97 Å². The van der Waals surface area contributed by atoms with E-state index in [1.165, 1.54) is 24.3 Å². The number of aliphatic hydroxyl groups is 1. The van der Waals surface area contributed by atoms with Crippen molar-refractivity contribution in [3.8, 4) is 0 Å². The highest BCUT2D eigenvalue weighted by Gasteiger charge is 2.43. The summed E-state index contributed by atoms with van der Waals surface area (Å²) in [6.07, 6.45) is -2.07. The first-order chi connectivity index (χ1) is 8.45. The summed E-state index contributed by atoms with van der Waals surface area (Å²) < 4.78 is 18.7. The molecule has 0 spiro atoms. The average molecular weight is 275 g/mol. The Morgan fingerprint density at radius 3 is 2.44 bits per heavy atom. The van der Waals surface area contributed by atoms with Gasteiger partial charge in [0.05, 0.1) is 6.61 Å². The number of carbonyl (C=O) groups is 1. The molecule has 1 rings (SSSR count). The fourth-order valence-corrected chi connectivity index (χ4v) is 1.80. The van der Waals surface area contributed by atoms with Gasteiger partial charge in [-0.2, -0.15) is 0 Å². The van der Waals surface area contributed by atoms with E-state index in [-0.39, 0.29) is 13.0 Å². The van der Waals surface area contributed by atoms with Crippen LogP contribution in [0.25, 0.3) is 0 Å². The Bertz CT molecular complexity index is 407. The van der Waals surface area contributed by atoms with Crippen molar-refractivity contribution in [2.24, 2.45) is 0 Å². The minimum Gasteiger partial charge on any atom is -0.464 e. The minimum atomic E-state index is -2.12. The van der Waals surface area contributed by atoms with Crippen LogP contribution in [0, 0.1) is 0 Å². The van der Waals surface area contributed by atoms with E-state index in [1.807, 2.05) is 0 Å². The third kappa shape index (κ3) is 3.00. The van der Waals surface area contributed by atoms with Gasteiger partial charge in [-0.05, 0) is 31.0 Å². The van der Waals surface area contributed by atoms with Crippen LogP contribution < -0.4 is 0 Å². The molecule has 5 heteroatoms. The van der Waals surface area contributed by atoms with Crippen molar-refractivity contribution in [3.63, 3.8) is 0 Å². The highest BCUT2D eigenvalue weighted by molar-refractivity contribution is 6.30. The number of ether oxygens (including phenoxy) is 1. The van der Waals surface area contributed by atoms with Crippen molar-refractivity contribution in [1.82, 2.24) is 0 Å². The van der Waals surface area contributed by atoms with Crippen LogP contribution >= 0.6 is 11.6 Å². The standard InChI is InChI=1S/C13H16ClFO3/c1-3-13(17,11(15)12(16)18-4-2)9-5-7-10(14)8-6-9/h5-8,11,17H,3-4H2,1-2H3. The smallest absolute Gasteiger partial charge is 0.344 e. The van der Waals surface area contributed by atoms with E-state index in [0.717, 1.165) is 0 Å². The maximum Gasteiger partial charge on any atom is 0.344 e. The number of hydrogen-bond donors (Lipinski definition) is 1. The molecule has 18 heavy (non-hydrogen) atoms. The molecule has 1 N–H and O–H groups in total. The zero-order chi connectivity index (χ0) is 13.8. The second kappa shape index (κ2) is 6.16. The number of carbonyl (C=O) groups excluding carboxylic acids is 1. The van der Waals surface area contributed by atoms with Gasteiger partial charge in [-0.15, -0.1) is 0 Å². The highest BCUT2D eigenvalue weighted by Crippen LogP contribution is 2.32. The largest absolute Gasteiger partial charge is 0.464 e. The molecule has 0 aliphatic heterocycles. The maximum atomic E-state index is 14.1. The van der Waals surface area contributed by atoms with Gasteiger partial charge in [-0.3, -0.25) is 0 Å². The molecule has 0 amide bonds. The molecule has 0 bridgehead atoms. The molecule has 0 saturated carbocycles. The molecular formula is C13H16ClFO3. The van der Waals surface area contributed by atoms with Crippen molar-refractivity contribution in [3.05, 3.63) is 34.9 Å². The van der Waals surface area contributed by atoms with Crippen LogP contribution in [0.15, 0.2) is 24.3 Å². The van der Waals surface area contributed by atoms with Gasteiger partial charge in [0.1, 0.15) is 5.60 Å². The summed E-state index contributed by atoms with van der Waals surface area (Å²) in [4.78, 5) is 11.4. The number of esters is 1. The molecule has 0 fully saturated rings. The van der Waals surface area contributed by atoms with Crippen LogP contribution in [0.3, 0.4) is 0 Å². The molecule has 3 nitrogen and oxygen atoms in total. The number of rotatable bonds is 5. The van der Waals surface area contributed by atoms with Gasteiger partial charge in [0, 0.05) is 5.02 Å². The fourth-order valence-electron chi connectivity index (χ4n) is 1.68. The quantitative estimate of drug-likeness (QED) is 0.840. The Kier molecular flexibility index (Phi) is 5.11. The van der Waals surface area contributed by atoms with Crippen molar-refractivity contribution in [2.45, 2.75) is 32.0 Å². The SMILES string of the molecule is CCOC(=O)C(F)C(O)(CC)c1ccc(Cl)cc1. The van der Waals surface area contributed by atoms with E-state index in [1.54, 1.807) is 13.8 Å². The summed E-state index contributed by atoms with van der Waals surface area (Å²) in [5, 5.41) is 10.8. The summed E-state index contributed by atoms with van der Waals surface area (Å²) in [7, 11) is 0. The van der Waals surface area contributed by atoms with Gasteiger partial charge in [0.15, 0.2) is 0 Å². The Hall–Kier alpha value is -1.13. The molecule has 0 aliphatic carbocycles. The molecular weight excluding hydrogens is 259 g/mol. The van der Waals surface area contributed by atoms with E-state index in [0.29, 0.717) is 10.6 Å². The molecule has 0 heterocycles. The first-order valence-corrected chi connectivity index (χ1v) is 6.12. The van der Waals surface area contributed by atoms with Crippen LogP contribution in [-0.4, -0.2) is 23.9 Å². The van der Waals surface area contributed by atoms with Crippen LogP contribution in [-0.2, 0) is 15.1 Å². The number of alkyl halides is 1. The summed E-state index contributed by atoms with van der Waals surface area (Å²) >= 11 is 5.73.